The molecule has 2 aliphatic rings. The summed E-state index contributed by atoms with van der Waals surface area (Å²) >= 11 is 0. The van der Waals surface area contributed by atoms with E-state index in [4.69, 9.17) is 4.42 Å². The molecule has 2 N–H and O–H groups in total. The highest BCUT2D eigenvalue weighted by atomic mass is 19.1. The number of carbonyl (C=O) groups excluding carboxylic acids is 1. The molecular formula is C19H19FN4O3. The number of benzene rings is 1. The zero-order valence-electron chi connectivity index (χ0n) is 14.6. The van der Waals surface area contributed by atoms with Gasteiger partial charge in [-0.15, -0.1) is 0 Å². The normalized spacial score (nSPS) is 21.1. The molecule has 0 unspecified atom stereocenters. The van der Waals surface area contributed by atoms with E-state index in [9.17, 15) is 14.3 Å². The Kier molecular flexibility index (Phi) is 3.58. The van der Waals surface area contributed by atoms with Crippen molar-refractivity contribution < 1.29 is 18.7 Å². The third kappa shape index (κ3) is 2.71. The van der Waals surface area contributed by atoms with E-state index in [1.54, 1.807) is 11.2 Å². The van der Waals surface area contributed by atoms with Crippen LogP contribution in [0.3, 0.4) is 0 Å². The first-order valence-electron chi connectivity index (χ1n) is 9.12. The fraction of sp³-hybridized carbons (Fsp3) is 0.421. The smallest absolute Gasteiger partial charge is 0.226 e. The molecule has 0 saturated heterocycles. The van der Waals surface area contributed by atoms with Crippen molar-refractivity contribution in [2.75, 3.05) is 6.54 Å². The fourth-order valence-corrected chi connectivity index (χ4v) is 3.98. The predicted octanol–water partition coefficient (Wildman–Crippen LogP) is 2.47. The minimum absolute atomic E-state index is 0.0815. The van der Waals surface area contributed by atoms with Crippen LogP contribution in [-0.4, -0.2) is 43.0 Å². The van der Waals surface area contributed by atoms with Crippen LogP contribution in [0.25, 0.3) is 11.1 Å². The maximum absolute atomic E-state index is 13.5. The van der Waals surface area contributed by atoms with Crippen molar-refractivity contribution in [3.8, 4) is 0 Å². The molecule has 1 aliphatic heterocycles. The molecule has 1 atom stereocenters. The second kappa shape index (κ2) is 5.88. The Morgan fingerprint density at radius 2 is 2.30 bits per heavy atom. The standard InChI is InChI=1S/C19H19FN4O3/c20-11-2-3-14-13(8-11)23-18(27-14)17-16-12(21-10-22-16)4-7-24(17)15(25)9-19(26)5-1-6-19/h2-3,8,10,17,26H,1,4-7,9H2,(H,21,22)/t17-/m0/s1. The number of hydrogen-bond donors (Lipinski definition) is 2. The van der Waals surface area contributed by atoms with Crippen molar-refractivity contribution in [2.45, 2.75) is 43.7 Å². The van der Waals surface area contributed by atoms with Crippen LogP contribution in [0.5, 0.6) is 0 Å². The Hall–Kier alpha value is -2.74. The number of fused-ring (bicyclic) bond motifs is 2. The zero-order chi connectivity index (χ0) is 18.6. The van der Waals surface area contributed by atoms with Crippen LogP contribution in [0.1, 0.15) is 49.0 Å². The first-order chi connectivity index (χ1) is 13.0. The Labute approximate surface area is 154 Å². The number of halogens is 1. The van der Waals surface area contributed by atoms with Gasteiger partial charge in [-0.2, -0.15) is 0 Å². The van der Waals surface area contributed by atoms with Gasteiger partial charge < -0.3 is 19.4 Å². The van der Waals surface area contributed by atoms with E-state index in [0.29, 0.717) is 48.5 Å². The van der Waals surface area contributed by atoms with Crippen molar-refractivity contribution in [3.05, 3.63) is 47.6 Å². The number of rotatable bonds is 3. The molecule has 5 rings (SSSR count). The summed E-state index contributed by atoms with van der Waals surface area (Å²) in [6.07, 6.45) is 4.55. The summed E-state index contributed by atoms with van der Waals surface area (Å²) in [5.74, 6) is -0.242. The number of H-pyrrole nitrogens is 1. The summed E-state index contributed by atoms with van der Waals surface area (Å²) in [5, 5.41) is 10.4. The Morgan fingerprint density at radius 1 is 1.44 bits per heavy atom. The third-order valence-electron chi connectivity index (χ3n) is 5.61. The van der Waals surface area contributed by atoms with E-state index in [0.717, 1.165) is 12.1 Å². The number of aliphatic hydroxyl groups is 1. The lowest BCUT2D eigenvalue weighted by atomic mass is 9.77. The van der Waals surface area contributed by atoms with Gasteiger partial charge in [0.1, 0.15) is 11.3 Å². The Bertz CT molecular complexity index is 1020. The van der Waals surface area contributed by atoms with Crippen LogP contribution in [0.4, 0.5) is 4.39 Å². The van der Waals surface area contributed by atoms with Crippen molar-refractivity contribution in [2.24, 2.45) is 0 Å². The second-order valence-electron chi connectivity index (χ2n) is 7.42. The molecule has 1 aliphatic carbocycles. The molecular weight excluding hydrogens is 351 g/mol. The summed E-state index contributed by atoms with van der Waals surface area (Å²) in [6, 6.07) is 3.55. The minimum atomic E-state index is -0.905. The summed E-state index contributed by atoms with van der Waals surface area (Å²) in [6.45, 7) is 0.474. The van der Waals surface area contributed by atoms with Gasteiger partial charge >= 0.3 is 0 Å². The molecule has 1 saturated carbocycles. The number of hydrogen-bond acceptors (Lipinski definition) is 5. The van der Waals surface area contributed by atoms with Gasteiger partial charge in [0.05, 0.1) is 24.0 Å². The van der Waals surface area contributed by atoms with Gasteiger partial charge in [-0.25, -0.2) is 14.4 Å². The summed E-state index contributed by atoms with van der Waals surface area (Å²) in [5.41, 5.74) is 1.57. The van der Waals surface area contributed by atoms with Gasteiger partial charge in [-0.3, -0.25) is 4.79 Å². The van der Waals surface area contributed by atoms with Crippen LogP contribution < -0.4 is 0 Å². The topological polar surface area (TPSA) is 95.2 Å². The average Bonchev–Trinajstić information content (AvgIpc) is 3.25. The molecule has 27 heavy (non-hydrogen) atoms. The maximum Gasteiger partial charge on any atom is 0.226 e. The molecule has 7 nitrogen and oxygen atoms in total. The van der Waals surface area contributed by atoms with Crippen molar-refractivity contribution in [1.82, 2.24) is 19.9 Å². The van der Waals surface area contributed by atoms with E-state index in [1.807, 2.05) is 0 Å². The SMILES string of the molecule is O=C(CC1(O)CCC1)N1CCc2[nH]cnc2[C@H]1c1nc2cc(F)ccc2o1. The summed E-state index contributed by atoms with van der Waals surface area (Å²) < 4.78 is 19.4. The lowest BCUT2D eigenvalue weighted by Gasteiger charge is -2.39. The molecule has 0 bridgehead atoms. The Morgan fingerprint density at radius 3 is 3.07 bits per heavy atom. The van der Waals surface area contributed by atoms with Gasteiger partial charge in [-0.05, 0) is 31.4 Å². The molecule has 3 heterocycles. The van der Waals surface area contributed by atoms with Gasteiger partial charge in [0.25, 0.3) is 0 Å². The number of nitrogens with one attached hydrogen (secondary N) is 1. The van der Waals surface area contributed by atoms with Crippen molar-refractivity contribution in [3.63, 3.8) is 0 Å². The highest BCUT2D eigenvalue weighted by molar-refractivity contribution is 5.79. The van der Waals surface area contributed by atoms with E-state index in [1.165, 1.54) is 18.2 Å². The number of aromatic nitrogens is 3. The van der Waals surface area contributed by atoms with Crippen molar-refractivity contribution in [1.29, 1.82) is 0 Å². The molecule has 3 aromatic rings. The predicted molar refractivity (Wildman–Crippen MR) is 93.2 cm³/mol. The largest absolute Gasteiger partial charge is 0.438 e. The van der Waals surface area contributed by atoms with Crippen LogP contribution in [-0.2, 0) is 11.2 Å². The average molecular weight is 370 g/mol. The third-order valence-corrected chi connectivity index (χ3v) is 5.61. The number of amides is 1. The highest BCUT2D eigenvalue weighted by Gasteiger charge is 2.42. The fourth-order valence-electron chi connectivity index (χ4n) is 3.98. The number of nitrogens with zero attached hydrogens (tertiary/aromatic N) is 3. The molecule has 140 valence electrons. The van der Waals surface area contributed by atoms with E-state index >= 15 is 0 Å². The molecule has 2 aromatic heterocycles. The lowest BCUT2D eigenvalue weighted by Crippen LogP contribution is -2.47. The lowest BCUT2D eigenvalue weighted by molar-refractivity contribution is -0.143. The van der Waals surface area contributed by atoms with Crippen molar-refractivity contribution >= 4 is 17.0 Å². The highest BCUT2D eigenvalue weighted by Crippen LogP contribution is 2.39. The van der Waals surface area contributed by atoms with Gasteiger partial charge in [0, 0.05) is 24.7 Å². The molecule has 0 radical (unpaired) electrons. The van der Waals surface area contributed by atoms with E-state index in [2.05, 4.69) is 15.0 Å². The van der Waals surface area contributed by atoms with Crippen LogP contribution in [0, 0.1) is 5.82 Å². The van der Waals surface area contributed by atoms with Crippen LogP contribution in [0.2, 0.25) is 0 Å². The summed E-state index contributed by atoms with van der Waals surface area (Å²) in [7, 11) is 0. The molecule has 8 heteroatoms. The quantitative estimate of drug-likeness (QED) is 0.738. The first-order valence-corrected chi connectivity index (χ1v) is 9.12. The zero-order valence-corrected chi connectivity index (χ0v) is 14.6. The summed E-state index contributed by atoms with van der Waals surface area (Å²) in [4.78, 5) is 26.6. The van der Waals surface area contributed by atoms with Gasteiger partial charge in [-0.1, -0.05) is 0 Å². The second-order valence-corrected chi connectivity index (χ2v) is 7.42. The number of carbonyl (C=O) groups is 1. The van der Waals surface area contributed by atoms with Gasteiger partial charge in [0.15, 0.2) is 11.6 Å². The Balaban J connectivity index is 1.55. The first kappa shape index (κ1) is 16.4. The van der Waals surface area contributed by atoms with E-state index in [-0.39, 0.29) is 12.3 Å². The monoisotopic (exact) mass is 370 g/mol. The number of oxazole rings is 1. The minimum Gasteiger partial charge on any atom is -0.438 e. The molecule has 1 fully saturated rings. The molecule has 1 amide bonds. The van der Waals surface area contributed by atoms with Gasteiger partial charge in [0.2, 0.25) is 11.8 Å². The maximum atomic E-state index is 13.5. The number of imidazole rings is 1. The van der Waals surface area contributed by atoms with Crippen LogP contribution in [0.15, 0.2) is 28.9 Å². The molecule has 1 aromatic carbocycles. The molecule has 0 spiro atoms. The van der Waals surface area contributed by atoms with Crippen LogP contribution >= 0.6 is 0 Å². The number of aromatic amines is 1. The van der Waals surface area contributed by atoms with E-state index < -0.39 is 17.5 Å².